The first kappa shape index (κ1) is 11.7. The van der Waals surface area contributed by atoms with Crippen molar-refractivity contribution in [3.05, 3.63) is 17.8 Å². The second kappa shape index (κ2) is 4.59. The van der Waals surface area contributed by atoms with E-state index in [1.165, 1.54) is 6.20 Å². The minimum atomic E-state index is -3.62. The number of aryl methyl sites for hydroxylation is 1. The number of imidazole rings is 1. The zero-order chi connectivity index (χ0) is 12.3. The van der Waals surface area contributed by atoms with E-state index in [0.717, 1.165) is 0 Å². The van der Waals surface area contributed by atoms with Crippen molar-refractivity contribution in [1.29, 1.82) is 0 Å². The predicted octanol–water partition coefficient (Wildman–Crippen LogP) is -1.04. The average molecular weight is 257 g/mol. The Balaban J connectivity index is 2.08. The summed E-state index contributed by atoms with van der Waals surface area (Å²) >= 11 is 0. The van der Waals surface area contributed by atoms with Crippen LogP contribution in [0.2, 0.25) is 0 Å². The van der Waals surface area contributed by atoms with Crippen LogP contribution in [-0.2, 0) is 23.0 Å². The van der Waals surface area contributed by atoms with E-state index >= 15 is 0 Å². The maximum Gasteiger partial charge on any atom is 0.258 e. The number of sulfonamides is 1. The standard InChI is InChI=1S/C7H11N7O2S/c1-2-5-8-4-7(10-5)17(15,16)9-3-6-11-13-14-12-6/h4,9H,2-3H2,1H3,(H,8,10)(H,11,12,13,14). The lowest BCUT2D eigenvalue weighted by Gasteiger charge is -2.00. The van der Waals surface area contributed by atoms with Gasteiger partial charge in [-0.05, 0) is 0 Å². The molecule has 92 valence electrons. The number of rotatable bonds is 5. The lowest BCUT2D eigenvalue weighted by molar-refractivity contribution is 0.576. The molecule has 9 nitrogen and oxygen atoms in total. The SMILES string of the molecule is CCc1ncc(S(=O)(=O)NCc2nn[nH]n2)[nH]1. The van der Waals surface area contributed by atoms with Crippen LogP contribution in [0.4, 0.5) is 0 Å². The maximum atomic E-state index is 11.8. The van der Waals surface area contributed by atoms with Crippen molar-refractivity contribution in [2.24, 2.45) is 0 Å². The van der Waals surface area contributed by atoms with Crippen molar-refractivity contribution in [2.45, 2.75) is 24.9 Å². The molecule has 2 aromatic rings. The summed E-state index contributed by atoms with van der Waals surface area (Å²) in [5.74, 6) is 0.883. The molecule has 2 heterocycles. The van der Waals surface area contributed by atoms with Crippen molar-refractivity contribution < 1.29 is 8.42 Å². The van der Waals surface area contributed by atoms with Crippen LogP contribution in [0, 0.1) is 0 Å². The van der Waals surface area contributed by atoms with Crippen molar-refractivity contribution >= 4 is 10.0 Å². The van der Waals surface area contributed by atoms with Gasteiger partial charge in [-0.15, -0.1) is 10.2 Å². The molecule has 2 rings (SSSR count). The first-order chi connectivity index (χ1) is 8.12. The van der Waals surface area contributed by atoms with Crippen LogP contribution in [0.15, 0.2) is 11.2 Å². The van der Waals surface area contributed by atoms with E-state index in [0.29, 0.717) is 12.2 Å². The molecule has 0 fully saturated rings. The molecular formula is C7H11N7O2S. The molecule has 0 aliphatic carbocycles. The predicted molar refractivity (Wildman–Crippen MR) is 56.2 cm³/mol. The molecule has 0 spiro atoms. The number of nitrogens with zero attached hydrogens (tertiary/aromatic N) is 4. The summed E-state index contributed by atoms with van der Waals surface area (Å²) in [6, 6.07) is 0. The van der Waals surface area contributed by atoms with E-state index in [1.807, 2.05) is 6.92 Å². The third-order valence-electron chi connectivity index (χ3n) is 2.04. The fourth-order valence-electron chi connectivity index (χ4n) is 1.15. The zero-order valence-corrected chi connectivity index (χ0v) is 9.82. The zero-order valence-electron chi connectivity index (χ0n) is 9.01. The summed E-state index contributed by atoms with van der Waals surface area (Å²) in [7, 11) is -3.62. The highest BCUT2D eigenvalue weighted by Gasteiger charge is 2.17. The van der Waals surface area contributed by atoms with Gasteiger partial charge in [-0.1, -0.05) is 12.1 Å². The molecule has 0 amide bonds. The number of aromatic amines is 2. The summed E-state index contributed by atoms with van der Waals surface area (Å²) in [5, 5.41) is 12.8. The summed E-state index contributed by atoms with van der Waals surface area (Å²) < 4.78 is 25.9. The third-order valence-corrected chi connectivity index (χ3v) is 3.35. The van der Waals surface area contributed by atoms with Crippen LogP contribution in [0.1, 0.15) is 18.6 Å². The molecule has 0 atom stereocenters. The molecule has 0 unspecified atom stereocenters. The summed E-state index contributed by atoms with van der Waals surface area (Å²) in [5.41, 5.74) is 0. The highest BCUT2D eigenvalue weighted by Crippen LogP contribution is 2.06. The Morgan fingerprint density at radius 3 is 2.88 bits per heavy atom. The smallest absolute Gasteiger partial charge is 0.258 e. The van der Waals surface area contributed by atoms with Gasteiger partial charge in [0.2, 0.25) is 0 Å². The second-order valence-electron chi connectivity index (χ2n) is 3.20. The van der Waals surface area contributed by atoms with Gasteiger partial charge in [0.1, 0.15) is 5.82 Å². The molecule has 10 heteroatoms. The lowest BCUT2D eigenvalue weighted by atomic mass is 10.5. The molecule has 0 aliphatic heterocycles. The molecule has 0 saturated carbocycles. The Bertz CT molecular complexity index is 573. The Hall–Kier alpha value is -1.81. The number of nitrogens with one attached hydrogen (secondary N) is 3. The van der Waals surface area contributed by atoms with Crippen molar-refractivity contribution in [3.63, 3.8) is 0 Å². The maximum absolute atomic E-state index is 11.8. The Labute approximate surface area is 97.1 Å². The van der Waals surface area contributed by atoms with Crippen LogP contribution in [0.5, 0.6) is 0 Å². The molecular weight excluding hydrogens is 246 g/mol. The lowest BCUT2D eigenvalue weighted by Crippen LogP contribution is -2.24. The van der Waals surface area contributed by atoms with Crippen LogP contribution < -0.4 is 4.72 Å². The van der Waals surface area contributed by atoms with E-state index in [9.17, 15) is 8.42 Å². The molecule has 2 aromatic heterocycles. The quantitative estimate of drug-likeness (QED) is 0.627. The van der Waals surface area contributed by atoms with Gasteiger partial charge in [0.15, 0.2) is 10.9 Å². The molecule has 17 heavy (non-hydrogen) atoms. The number of tetrazole rings is 1. The summed E-state index contributed by atoms with van der Waals surface area (Å²) in [6.45, 7) is 1.85. The Kier molecular flexibility index (Phi) is 3.15. The van der Waals surface area contributed by atoms with Gasteiger partial charge < -0.3 is 4.98 Å². The van der Waals surface area contributed by atoms with Gasteiger partial charge in [-0.25, -0.2) is 18.1 Å². The number of hydrogen-bond donors (Lipinski definition) is 3. The number of H-pyrrole nitrogens is 2. The highest BCUT2D eigenvalue weighted by molar-refractivity contribution is 7.89. The van der Waals surface area contributed by atoms with Gasteiger partial charge in [0, 0.05) is 6.42 Å². The summed E-state index contributed by atoms with van der Waals surface area (Å²) in [4.78, 5) is 6.63. The topological polar surface area (TPSA) is 129 Å². The Morgan fingerprint density at radius 1 is 1.47 bits per heavy atom. The number of hydrogen-bond acceptors (Lipinski definition) is 6. The monoisotopic (exact) mass is 257 g/mol. The minimum Gasteiger partial charge on any atom is -0.332 e. The fraction of sp³-hybridized carbons (Fsp3) is 0.429. The van der Waals surface area contributed by atoms with Gasteiger partial charge in [-0.3, -0.25) is 0 Å². The van der Waals surface area contributed by atoms with E-state index in [2.05, 4.69) is 35.3 Å². The van der Waals surface area contributed by atoms with Gasteiger partial charge in [0.25, 0.3) is 10.0 Å². The van der Waals surface area contributed by atoms with Crippen molar-refractivity contribution in [2.75, 3.05) is 0 Å². The normalized spacial score (nSPS) is 11.8. The van der Waals surface area contributed by atoms with E-state index in [-0.39, 0.29) is 17.4 Å². The third kappa shape index (κ3) is 2.65. The number of aromatic nitrogens is 6. The van der Waals surface area contributed by atoms with Gasteiger partial charge in [0.05, 0.1) is 12.7 Å². The molecule has 0 aliphatic rings. The van der Waals surface area contributed by atoms with Crippen LogP contribution >= 0.6 is 0 Å². The molecule has 3 N–H and O–H groups in total. The van der Waals surface area contributed by atoms with Crippen molar-refractivity contribution in [1.82, 2.24) is 35.3 Å². The van der Waals surface area contributed by atoms with E-state index in [4.69, 9.17) is 0 Å². The van der Waals surface area contributed by atoms with Crippen LogP contribution in [-0.4, -0.2) is 39.0 Å². The van der Waals surface area contributed by atoms with Crippen LogP contribution in [0.25, 0.3) is 0 Å². The minimum absolute atomic E-state index is 0.0258. The first-order valence-electron chi connectivity index (χ1n) is 4.87. The molecule has 0 radical (unpaired) electrons. The van der Waals surface area contributed by atoms with E-state index in [1.54, 1.807) is 0 Å². The molecule has 0 saturated heterocycles. The van der Waals surface area contributed by atoms with Crippen LogP contribution in [0.3, 0.4) is 0 Å². The van der Waals surface area contributed by atoms with Gasteiger partial charge >= 0.3 is 0 Å². The van der Waals surface area contributed by atoms with E-state index < -0.39 is 10.0 Å². The fourth-order valence-corrected chi connectivity index (χ4v) is 2.07. The van der Waals surface area contributed by atoms with Gasteiger partial charge in [-0.2, -0.15) is 5.21 Å². The largest absolute Gasteiger partial charge is 0.332 e. The molecule has 0 aromatic carbocycles. The average Bonchev–Trinajstić information content (AvgIpc) is 2.98. The Morgan fingerprint density at radius 2 is 2.29 bits per heavy atom. The summed E-state index contributed by atoms with van der Waals surface area (Å²) in [6.07, 6.45) is 1.91. The van der Waals surface area contributed by atoms with Crippen molar-refractivity contribution in [3.8, 4) is 0 Å². The highest BCUT2D eigenvalue weighted by atomic mass is 32.2. The molecule has 0 bridgehead atoms. The second-order valence-corrected chi connectivity index (χ2v) is 4.94. The first-order valence-corrected chi connectivity index (χ1v) is 6.36.